The van der Waals surface area contributed by atoms with Gasteiger partial charge in [-0.05, 0) is 107 Å². The number of benzene rings is 2. The van der Waals surface area contributed by atoms with Crippen molar-refractivity contribution in [3.63, 3.8) is 0 Å². The van der Waals surface area contributed by atoms with Crippen LogP contribution in [-0.4, -0.2) is 36.4 Å². The molecule has 0 fully saturated rings. The molecule has 1 heterocycles. The fourth-order valence-corrected chi connectivity index (χ4v) is 6.70. The Morgan fingerprint density at radius 3 is 2.29 bits per heavy atom. The van der Waals surface area contributed by atoms with Crippen molar-refractivity contribution in [2.45, 2.75) is 31.2 Å². The number of halogens is 2. The molecular weight excluding hydrogens is 650 g/mol. The first-order valence-corrected chi connectivity index (χ1v) is 12.8. The highest BCUT2D eigenvalue weighted by atomic mass is 127. The van der Waals surface area contributed by atoms with Crippen molar-refractivity contribution >= 4 is 55.2 Å². The second kappa shape index (κ2) is 10.0. The van der Waals surface area contributed by atoms with Crippen LogP contribution in [0, 0.1) is 21.0 Å². The standard InChI is InChI=1S/C20H20I2N2O6S/c1-11-20(12(2)30-23-11)31(27,28)24-14(10-25)7-13-8-17(21)19(18(22)9-13)29-16-5-3-15(26)4-6-16/h3-6,8-9,14,24-26H,7,10H2,1-2H3/t14-/m0/s1. The topological polar surface area (TPSA) is 122 Å². The average molecular weight is 670 g/mol. The summed E-state index contributed by atoms with van der Waals surface area (Å²) < 4.78 is 40.6. The summed E-state index contributed by atoms with van der Waals surface area (Å²) in [6, 6.07) is 9.45. The number of hydrogen-bond donors (Lipinski definition) is 3. The molecule has 8 nitrogen and oxygen atoms in total. The lowest BCUT2D eigenvalue weighted by molar-refractivity contribution is 0.256. The van der Waals surface area contributed by atoms with Crippen molar-refractivity contribution in [3.8, 4) is 17.2 Å². The van der Waals surface area contributed by atoms with Crippen molar-refractivity contribution < 1.29 is 27.9 Å². The van der Waals surface area contributed by atoms with Gasteiger partial charge in [0.05, 0.1) is 13.7 Å². The maximum Gasteiger partial charge on any atom is 0.246 e. The van der Waals surface area contributed by atoms with Gasteiger partial charge in [-0.2, -0.15) is 0 Å². The Bertz CT molecular complexity index is 1140. The smallest absolute Gasteiger partial charge is 0.246 e. The lowest BCUT2D eigenvalue weighted by atomic mass is 10.1. The van der Waals surface area contributed by atoms with Crippen molar-refractivity contribution in [1.29, 1.82) is 0 Å². The van der Waals surface area contributed by atoms with Crippen LogP contribution in [0.25, 0.3) is 0 Å². The molecule has 0 aliphatic rings. The van der Waals surface area contributed by atoms with E-state index < -0.39 is 16.1 Å². The molecule has 0 spiro atoms. The van der Waals surface area contributed by atoms with E-state index in [1.807, 2.05) is 12.1 Å². The molecule has 3 rings (SSSR count). The van der Waals surface area contributed by atoms with Crippen LogP contribution in [0.4, 0.5) is 0 Å². The van der Waals surface area contributed by atoms with Gasteiger partial charge < -0.3 is 19.5 Å². The van der Waals surface area contributed by atoms with E-state index in [0.29, 0.717) is 11.5 Å². The highest BCUT2D eigenvalue weighted by molar-refractivity contribution is 14.1. The number of rotatable bonds is 8. The van der Waals surface area contributed by atoms with E-state index >= 15 is 0 Å². The van der Waals surface area contributed by atoms with E-state index in [9.17, 15) is 18.6 Å². The summed E-state index contributed by atoms with van der Waals surface area (Å²) in [6.07, 6.45) is 0.282. The fourth-order valence-electron chi connectivity index (χ4n) is 3.02. The molecule has 3 N–H and O–H groups in total. The number of sulfonamides is 1. The van der Waals surface area contributed by atoms with Crippen LogP contribution in [0.2, 0.25) is 0 Å². The first-order valence-electron chi connectivity index (χ1n) is 9.11. The van der Waals surface area contributed by atoms with Gasteiger partial charge in [-0.25, -0.2) is 13.1 Å². The quantitative estimate of drug-likeness (QED) is 0.311. The number of aliphatic hydroxyl groups excluding tert-OH is 1. The van der Waals surface area contributed by atoms with Gasteiger partial charge in [0.25, 0.3) is 0 Å². The molecule has 1 atom stereocenters. The van der Waals surface area contributed by atoms with Crippen LogP contribution in [0.1, 0.15) is 17.0 Å². The van der Waals surface area contributed by atoms with Crippen LogP contribution >= 0.6 is 45.2 Å². The molecule has 0 saturated heterocycles. The number of phenols is 1. The minimum Gasteiger partial charge on any atom is -0.508 e. The largest absolute Gasteiger partial charge is 0.508 e. The zero-order valence-corrected chi connectivity index (χ0v) is 21.7. The molecule has 0 radical (unpaired) electrons. The minimum absolute atomic E-state index is 0.00671. The summed E-state index contributed by atoms with van der Waals surface area (Å²) in [5, 5.41) is 22.9. The minimum atomic E-state index is -3.90. The predicted octanol–water partition coefficient (Wildman–Crippen LogP) is 3.88. The van der Waals surface area contributed by atoms with Gasteiger partial charge in [0.15, 0.2) is 11.5 Å². The molecular formula is C20H20I2N2O6S. The lowest BCUT2D eigenvalue weighted by Crippen LogP contribution is -2.39. The zero-order chi connectivity index (χ0) is 22.8. The van der Waals surface area contributed by atoms with Gasteiger partial charge in [-0.3, -0.25) is 0 Å². The highest BCUT2D eigenvalue weighted by Gasteiger charge is 2.27. The summed E-state index contributed by atoms with van der Waals surface area (Å²) in [5.41, 5.74) is 1.11. The maximum absolute atomic E-state index is 12.7. The summed E-state index contributed by atoms with van der Waals surface area (Å²) in [6.45, 7) is 2.71. The predicted molar refractivity (Wildman–Crippen MR) is 131 cm³/mol. The maximum atomic E-state index is 12.7. The van der Waals surface area contributed by atoms with Crippen LogP contribution < -0.4 is 9.46 Å². The summed E-state index contributed by atoms with van der Waals surface area (Å²) in [5.74, 6) is 1.59. The van der Waals surface area contributed by atoms with Crippen molar-refractivity contribution in [3.05, 3.63) is 60.6 Å². The Kier molecular flexibility index (Phi) is 7.83. The van der Waals surface area contributed by atoms with E-state index in [0.717, 1.165) is 12.7 Å². The monoisotopic (exact) mass is 670 g/mol. The van der Waals surface area contributed by atoms with Gasteiger partial charge in [0.2, 0.25) is 10.0 Å². The fraction of sp³-hybridized carbons (Fsp3) is 0.250. The van der Waals surface area contributed by atoms with Crippen molar-refractivity contribution in [2.75, 3.05) is 6.61 Å². The third-order valence-corrected chi connectivity index (χ3v) is 7.74. The van der Waals surface area contributed by atoms with Crippen LogP contribution in [-0.2, 0) is 16.4 Å². The number of nitrogens with zero attached hydrogens (tertiary/aromatic N) is 1. The van der Waals surface area contributed by atoms with Crippen molar-refractivity contribution in [2.24, 2.45) is 0 Å². The van der Waals surface area contributed by atoms with Crippen LogP contribution in [0.5, 0.6) is 17.2 Å². The number of phenolic OH excluding ortho intramolecular Hbond substituents is 1. The number of ether oxygens (including phenoxy) is 1. The van der Waals surface area contributed by atoms with Crippen molar-refractivity contribution in [1.82, 2.24) is 9.88 Å². The third kappa shape index (κ3) is 5.88. The molecule has 2 aromatic carbocycles. The Morgan fingerprint density at radius 1 is 1.16 bits per heavy atom. The second-order valence-corrected chi connectivity index (χ2v) is 10.8. The summed E-state index contributed by atoms with van der Waals surface area (Å²) >= 11 is 4.30. The molecule has 0 aliphatic heterocycles. The van der Waals surface area contributed by atoms with E-state index in [1.54, 1.807) is 31.2 Å². The van der Waals surface area contributed by atoms with E-state index in [1.165, 1.54) is 6.92 Å². The Labute approximate surface area is 207 Å². The summed E-state index contributed by atoms with van der Waals surface area (Å²) in [7, 11) is -3.90. The molecule has 0 aliphatic carbocycles. The SMILES string of the molecule is Cc1noc(C)c1S(=O)(=O)N[C@H](CO)Cc1cc(I)c(Oc2ccc(O)cc2)c(I)c1. The average Bonchev–Trinajstić information content (AvgIpc) is 3.04. The molecule has 0 unspecified atom stereocenters. The third-order valence-electron chi connectivity index (χ3n) is 4.38. The van der Waals surface area contributed by atoms with E-state index in [2.05, 4.69) is 55.1 Å². The van der Waals surface area contributed by atoms with Gasteiger partial charge in [-0.15, -0.1) is 0 Å². The first kappa shape index (κ1) is 24.2. The number of hydrogen-bond acceptors (Lipinski definition) is 7. The van der Waals surface area contributed by atoms with Gasteiger partial charge in [0, 0.05) is 6.04 Å². The van der Waals surface area contributed by atoms with Gasteiger partial charge in [-0.1, -0.05) is 5.16 Å². The molecule has 0 amide bonds. The zero-order valence-electron chi connectivity index (χ0n) is 16.6. The Morgan fingerprint density at radius 2 is 1.77 bits per heavy atom. The van der Waals surface area contributed by atoms with E-state index in [4.69, 9.17) is 9.26 Å². The number of aromatic nitrogens is 1. The lowest BCUT2D eigenvalue weighted by Gasteiger charge is -2.18. The molecule has 31 heavy (non-hydrogen) atoms. The van der Waals surface area contributed by atoms with Crippen LogP contribution in [0.3, 0.4) is 0 Å². The number of aliphatic hydroxyl groups is 1. The summed E-state index contributed by atoms with van der Waals surface area (Å²) in [4.78, 5) is -0.00671. The highest BCUT2D eigenvalue weighted by Crippen LogP contribution is 2.33. The van der Waals surface area contributed by atoms with Gasteiger partial charge in [0.1, 0.15) is 22.1 Å². The molecule has 166 valence electrons. The molecule has 3 aromatic rings. The second-order valence-electron chi connectivity index (χ2n) is 6.84. The van der Waals surface area contributed by atoms with Gasteiger partial charge >= 0.3 is 0 Å². The molecule has 0 saturated carbocycles. The Hall–Kier alpha value is -1.42. The molecule has 0 bridgehead atoms. The van der Waals surface area contributed by atoms with E-state index in [-0.39, 0.29) is 35.1 Å². The molecule has 1 aromatic heterocycles. The number of aryl methyl sites for hydroxylation is 2. The van der Waals surface area contributed by atoms with Crippen LogP contribution in [0.15, 0.2) is 45.8 Å². The number of aromatic hydroxyl groups is 1. The first-order chi connectivity index (χ1) is 14.6. The molecule has 11 heteroatoms. The Balaban J connectivity index is 1.78. The normalized spacial score (nSPS) is 12.7. The number of nitrogens with one attached hydrogen (secondary N) is 1.